The summed E-state index contributed by atoms with van der Waals surface area (Å²) in [5.41, 5.74) is 0.539. The summed E-state index contributed by atoms with van der Waals surface area (Å²) in [5.74, 6) is 0.838. The molecule has 31 heavy (non-hydrogen) atoms. The van der Waals surface area contributed by atoms with Crippen LogP contribution in [0.3, 0.4) is 0 Å². The quantitative estimate of drug-likeness (QED) is 0.308. The number of nitrogens with zero attached hydrogens (tertiary/aromatic N) is 4. The van der Waals surface area contributed by atoms with Gasteiger partial charge in [-0.3, -0.25) is 9.36 Å². The molecule has 2 bridgehead atoms. The zero-order chi connectivity index (χ0) is 22.5. The predicted molar refractivity (Wildman–Crippen MR) is 131 cm³/mol. The number of ether oxygens (including phenoxy) is 1. The van der Waals surface area contributed by atoms with E-state index in [4.69, 9.17) is 9.72 Å². The Morgan fingerprint density at radius 1 is 1.39 bits per heavy atom. The summed E-state index contributed by atoms with van der Waals surface area (Å²) in [7, 11) is 0.571. The van der Waals surface area contributed by atoms with E-state index in [1.165, 1.54) is 0 Å². The predicted octanol–water partition coefficient (Wildman–Crippen LogP) is 2.89. The SMILES string of the molecule is Cn1c(N2C[C@@H]3CC[C@H]2[C@H]3NC(=O)O)nc2c(c(I)cn2COCC[Si](C)(C)C)c1=O. The number of hydrogen-bond acceptors (Lipinski definition) is 5. The highest BCUT2D eigenvalue weighted by atomic mass is 127. The van der Waals surface area contributed by atoms with Crippen molar-refractivity contribution in [1.29, 1.82) is 0 Å². The van der Waals surface area contributed by atoms with Crippen LogP contribution in [-0.2, 0) is 18.5 Å². The van der Waals surface area contributed by atoms with Gasteiger partial charge in [0.2, 0.25) is 5.95 Å². The van der Waals surface area contributed by atoms with E-state index < -0.39 is 14.2 Å². The van der Waals surface area contributed by atoms with Crippen LogP contribution in [-0.4, -0.2) is 58.6 Å². The Bertz CT molecular complexity index is 1060. The molecule has 0 spiro atoms. The molecule has 3 heterocycles. The van der Waals surface area contributed by atoms with Crippen LogP contribution in [0, 0.1) is 9.49 Å². The molecule has 170 valence electrons. The number of anilines is 1. The van der Waals surface area contributed by atoms with Crippen molar-refractivity contribution in [3.05, 3.63) is 20.1 Å². The molecule has 1 aliphatic heterocycles. The van der Waals surface area contributed by atoms with Crippen molar-refractivity contribution in [2.24, 2.45) is 13.0 Å². The van der Waals surface area contributed by atoms with Crippen molar-refractivity contribution in [2.45, 2.75) is 57.3 Å². The second-order valence-electron chi connectivity index (χ2n) is 9.80. The molecule has 9 nitrogen and oxygen atoms in total. The third-order valence-corrected chi connectivity index (χ3v) is 8.91. The van der Waals surface area contributed by atoms with Crippen molar-refractivity contribution >= 4 is 53.7 Å². The molecule has 1 saturated carbocycles. The topological polar surface area (TPSA) is 102 Å². The fraction of sp³-hybridized carbons (Fsp3) is 0.650. The first-order valence-corrected chi connectivity index (χ1v) is 15.4. The first kappa shape index (κ1) is 22.6. The van der Waals surface area contributed by atoms with E-state index in [-0.39, 0.29) is 23.6 Å². The second kappa shape index (κ2) is 8.39. The van der Waals surface area contributed by atoms with Crippen LogP contribution in [0.2, 0.25) is 25.7 Å². The average Bonchev–Trinajstić information content (AvgIpc) is 3.31. The highest BCUT2D eigenvalue weighted by Crippen LogP contribution is 2.40. The molecule has 3 atom stereocenters. The highest BCUT2D eigenvalue weighted by Gasteiger charge is 2.48. The maximum absolute atomic E-state index is 13.2. The minimum Gasteiger partial charge on any atom is -0.465 e. The van der Waals surface area contributed by atoms with Gasteiger partial charge in [-0.2, -0.15) is 4.98 Å². The van der Waals surface area contributed by atoms with Gasteiger partial charge in [-0.05, 0) is 47.4 Å². The fourth-order valence-electron chi connectivity index (χ4n) is 4.74. The Labute approximate surface area is 195 Å². The van der Waals surface area contributed by atoms with Crippen molar-refractivity contribution in [3.63, 3.8) is 0 Å². The molecule has 2 aliphatic rings. The maximum Gasteiger partial charge on any atom is 0.404 e. The number of nitrogens with one attached hydrogen (secondary N) is 1. The van der Waals surface area contributed by atoms with Crippen molar-refractivity contribution in [2.75, 3.05) is 18.1 Å². The average molecular weight is 559 g/mol. The summed E-state index contributed by atoms with van der Waals surface area (Å²) in [5, 5.41) is 12.5. The van der Waals surface area contributed by atoms with E-state index in [0.717, 1.165) is 22.5 Å². The maximum atomic E-state index is 13.2. The molecule has 2 aromatic rings. The Morgan fingerprint density at radius 2 is 2.13 bits per heavy atom. The molecule has 4 rings (SSSR count). The lowest BCUT2D eigenvalue weighted by molar-refractivity contribution is 0.0898. The number of rotatable bonds is 7. The van der Waals surface area contributed by atoms with Gasteiger partial charge in [-0.1, -0.05) is 19.6 Å². The minimum atomic E-state index is -1.17. The van der Waals surface area contributed by atoms with Crippen molar-refractivity contribution in [1.82, 2.24) is 19.4 Å². The monoisotopic (exact) mass is 559 g/mol. The van der Waals surface area contributed by atoms with Gasteiger partial charge < -0.3 is 24.6 Å². The number of carboxylic acid groups (broad SMARTS) is 1. The van der Waals surface area contributed by atoms with Crippen molar-refractivity contribution < 1.29 is 14.6 Å². The molecule has 1 amide bonds. The number of carbonyl (C=O) groups is 1. The molecule has 2 N–H and O–H groups in total. The van der Waals surface area contributed by atoms with E-state index in [1.54, 1.807) is 11.6 Å². The molecule has 2 fully saturated rings. The lowest BCUT2D eigenvalue weighted by Gasteiger charge is -2.29. The van der Waals surface area contributed by atoms with Crippen molar-refractivity contribution in [3.8, 4) is 0 Å². The number of aromatic nitrogens is 3. The zero-order valence-electron chi connectivity index (χ0n) is 18.4. The van der Waals surface area contributed by atoms with Crippen LogP contribution >= 0.6 is 22.6 Å². The lowest BCUT2D eigenvalue weighted by atomic mass is 10.1. The summed E-state index contributed by atoms with van der Waals surface area (Å²) < 4.78 is 10.3. The molecular formula is C20H30IN5O4Si. The number of amides is 1. The molecule has 2 aromatic heterocycles. The van der Waals surface area contributed by atoms with E-state index >= 15 is 0 Å². The summed E-state index contributed by atoms with van der Waals surface area (Å²) in [6.07, 6.45) is 2.80. The van der Waals surface area contributed by atoms with Gasteiger partial charge in [0.25, 0.3) is 5.56 Å². The Kier molecular flexibility index (Phi) is 6.11. The van der Waals surface area contributed by atoms with Gasteiger partial charge in [0, 0.05) is 38.0 Å². The Morgan fingerprint density at radius 3 is 2.81 bits per heavy atom. The van der Waals surface area contributed by atoms with Gasteiger partial charge in [-0.15, -0.1) is 0 Å². The summed E-state index contributed by atoms with van der Waals surface area (Å²) >= 11 is 2.18. The van der Waals surface area contributed by atoms with Gasteiger partial charge in [0.05, 0.1) is 17.5 Å². The Hall–Kier alpha value is -1.60. The van der Waals surface area contributed by atoms with Crippen LogP contribution in [0.1, 0.15) is 12.8 Å². The molecule has 0 aromatic carbocycles. The third kappa shape index (κ3) is 4.36. The normalized spacial score (nSPS) is 23.1. The molecule has 1 saturated heterocycles. The van der Waals surface area contributed by atoms with Crippen LogP contribution in [0.15, 0.2) is 11.0 Å². The first-order chi connectivity index (χ1) is 14.6. The van der Waals surface area contributed by atoms with Gasteiger partial charge in [0.15, 0.2) is 5.65 Å². The molecular weight excluding hydrogens is 529 g/mol. The van der Waals surface area contributed by atoms with Crippen LogP contribution in [0.4, 0.5) is 10.7 Å². The van der Waals surface area contributed by atoms with Gasteiger partial charge >= 0.3 is 6.09 Å². The summed E-state index contributed by atoms with van der Waals surface area (Å²) in [6, 6.07) is 0.979. The molecule has 0 radical (unpaired) electrons. The second-order valence-corrected chi connectivity index (χ2v) is 16.6. The van der Waals surface area contributed by atoms with E-state index in [9.17, 15) is 14.7 Å². The summed E-state index contributed by atoms with van der Waals surface area (Å²) in [6.45, 7) is 8.71. The van der Waals surface area contributed by atoms with Crippen LogP contribution < -0.4 is 15.8 Å². The Balaban J connectivity index is 1.64. The highest BCUT2D eigenvalue weighted by molar-refractivity contribution is 14.1. The largest absolute Gasteiger partial charge is 0.465 e. The van der Waals surface area contributed by atoms with E-state index in [0.29, 0.717) is 36.9 Å². The molecule has 11 heteroatoms. The van der Waals surface area contributed by atoms with Crippen LogP contribution in [0.5, 0.6) is 0 Å². The fourth-order valence-corrected chi connectivity index (χ4v) is 6.31. The van der Waals surface area contributed by atoms with Gasteiger partial charge in [-0.25, -0.2) is 4.79 Å². The molecule has 1 aliphatic carbocycles. The lowest BCUT2D eigenvalue weighted by Crippen LogP contribution is -2.44. The number of piperidine rings is 1. The van der Waals surface area contributed by atoms with E-state index in [1.807, 2.05) is 10.8 Å². The molecule has 0 unspecified atom stereocenters. The smallest absolute Gasteiger partial charge is 0.404 e. The zero-order valence-corrected chi connectivity index (χ0v) is 21.5. The number of hydrogen-bond donors (Lipinski definition) is 2. The minimum absolute atomic E-state index is 0.0205. The van der Waals surface area contributed by atoms with E-state index in [2.05, 4.69) is 52.4 Å². The summed E-state index contributed by atoms with van der Waals surface area (Å²) in [4.78, 5) is 31.4. The van der Waals surface area contributed by atoms with Crippen LogP contribution in [0.25, 0.3) is 11.0 Å². The standard InChI is InChI=1S/C20H30IN5O4Si/c1-24-18(27)15-13(21)10-25(11-30-7-8-31(2,3)4)17(15)23-19(24)26-9-12-5-6-14(26)16(12)22-20(28)29/h10,12,14,16,22H,5-9,11H2,1-4H3,(H,28,29)/t12-,14-,16-/m0/s1. The number of halogens is 1. The first-order valence-electron chi connectivity index (χ1n) is 10.7. The van der Waals surface area contributed by atoms with Gasteiger partial charge in [0.1, 0.15) is 6.73 Å². The number of fused-ring (bicyclic) bond motifs is 3. The third-order valence-electron chi connectivity index (χ3n) is 6.39.